The van der Waals surface area contributed by atoms with Crippen molar-refractivity contribution in [3.63, 3.8) is 0 Å². The monoisotopic (exact) mass is 255 g/mol. The van der Waals surface area contributed by atoms with Crippen molar-refractivity contribution < 1.29 is 9.53 Å². The minimum absolute atomic E-state index is 0.107. The van der Waals surface area contributed by atoms with Gasteiger partial charge in [0.25, 0.3) is 0 Å². The number of carbonyl (C=O) groups is 1. The van der Waals surface area contributed by atoms with Crippen molar-refractivity contribution in [3.05, 3.63) is 0 Å². The van der Waals surface area contributed by atoms with Gasteiger partial charge in [0, 0.05) is 6.04 Å². The Morgan fingerprint density at radius 2 is 1.94 bits per heavy atom. The maximum absolute atomic E-state index is 12.0. The Labute approximate surface area is 112 Å². The van der Waals surface area contributed by atoms with Gasteiger partial charge in [0.15, 0.2) is 0 Å². The van der Waals surface area contributed by atoms with Gasteiger partial charge in [-0.3, -0.25) is 10.1 Å². The smallest absolute Gasteiger partial charge is 0.325 e. The molecule has 0 heterocycles. The van der Waals surface area contributed by atoms with Crippen molar-refractivity contribution in [1.29, 1.82) is 0 Å². The average Bonchev–Trinajstić information content (AvgIpc) is 2.39. The van der Waals surface area contributed by atoms with Crippen LogP contribution in [0, 0.1) is 0 Å². The molecule has 0 aliphatic heterocycles. The summed E-state index contributed by atoms with van der Waals surface area (Å²) in [5, 5.41) is 3.57. The van der Waals surface area contributed by atoms with Gasteiger partial charge in [-0.05, 0) is 26.2 Å². The van der Waals surface area contributed by atoms with E-state index in [9.17, 15) is 4.79 Å². The molecule has 18 heavy (non-hydrogen) atoms. The molecule has 1 aliphatic carbocycles. The lowest BCUT2D eigenvalue weighted by Gasteiger charge is -2.34. The number of unbranched alkanes of at least 4 members (excludes halogenated alkanes) is 2. The highest BCUT2D eigenvalue weighted by Gasteiger charge is 2.35. The van der Waals surface area contributed by atoms with Gasteiger partial charge >= 0.3 is 5.97 Å². The number of hydrogen-bond acceptors (Lipinski definition) is 3. The van der Waals surface area contributed by atoms with E-state index in [2.05, 4.69) is 12.2 Å². The van der Waals surface area contributed by atoms with E-state index in [1.807, 2.05) is 6.92 Å². The maximum atomic E-state index is 12.0. The molecule has 1 aliphatic rings. The molecule has 1 N–H and O–H groups in total. The first-order valence-electron chi connectivity index (χ1n) is 7.48. The van der Waals surface area contributed by atoms with Crippen molar-refractivity contribution >= 4 is 5.97 Å². The van der Waals surface area contributed by atoms with Gasteiger partial charge in [-0.25, -0.2) is 0 Å². The second kappa shape index (κ2) is 7.78. The fourth-order valence-electron chi connectivity index (χ4n) is 2.88. The predicted octanol–water partition coefficient (Wildman–Crippen LogP) is 3.42. The molecule has 1 rings (SSSR count). The molecular formula is C15H29NO2. The fraction of sp³-hybridized carbons (Fsp3) is 0.933. The Kier molecular flexibility index (Phi) is 6.69. The minimum atomic E-state index is -0.494. The second-order valence-corrected chi connectivity index (χ2v) is 5.76. The molecule has 0 amide bonds. The van der Waals surface area contributed by atoms with Crippen LogP contribution in [0.1, 0.15) is 71.6 Å². The van der Waals surface area contributed by atoms with Crippen LogP contribution in [0.15, 0.2) is 0 Å². The number of esters is 1. The van der Waals surface area contributed by atoms with Crippen LogP contribution in [0.25, 0.3) is 0 Å². The van der Waals surface area contributed by atoms with E-state index in [4.69, 9.17) is 4.74 Å². The van der Waals surface area contributed by atoms with Gasteiger partial charge in [0.1, 0.15) is 5.54 Å². The summed E-state index contributed by atoms with van der Waals surface area (Å²) in [6.45, 7) is 4.19. The molecule has 1 atom stereocenters. The Bertz CT molecular complexity index is 249. The molecule has 0 saturated heterocycles. The van der Waals surface area contributed by atoms with Crippen molar-refractivity contribution in [2.24, 2.45) is 0 Å². The van der Waals surface area contributed by atoms with Gasteiger partial charge in [-0.2, -0.15) is 0 Å². The second-order valence-electron chi connectivity index (χ2n) is 5.76. The number of carbonyl (C=O) groups excluding carboxylic acids is 1. The van der Waals surface area contributed by atoms with E-state index in [0.717, 1.165) is 12.8 Å². The highest BCUT2D eigenvalue weighted by molar-refractivity contribution is 5.80. The lowest BCUT2D eigenvalue weighted by Crippen LogP contribution is -2.54. The average molecular weight is 255 g/mol. The highest BCUT2D eigenvalue weighted by atomic mass is 16.5. The van der Waals surface area contributed by atoms with E-state index >= 15 is 0 Å². The number of rotatable bonds is 7. The lowest BCUT2D eigenvalue weighted by atomic mass is 9.89. The molecule has 3 heteroatoms. The maximum Gasteiger partial charge on any atom is 0.325 e. The van der Waals surface area contributed by atoms with Crippen LogP contribution >= 0.6 is 0 Å². The van der Waals surface area contributed by atoms with Crippen molar-refractivity contribution in [3.8, 4) is 0 Å². The highest BCUT2D eigenvalue weighted by Crippen LogP contribution is 2.23. The molecule has 1 fully saturated rings. The predicted molar refractivity (Wildman–Crippen MR) is 74.6 cm³/mol. The van der Waals surface area contributed by atoms with Crippen LogP contribution < -0.4 is 5.32 Å². The molecule has 1 unspecified atom stereocenters. The zero-order valence-electron chi connectivity index (χ0n) is 12.3. The molecule has 0 aromatic rings. The number of methoxy groups -OCH3 is 1. The largest absolute Gasteiger partial charge is 0.468 e. The SMILES string of the molecule is CCCCCC(C)(NC1CCCCC1)C(=O)OC. The van der Waals surface area contributed by atoms with Gasteiger partial charge in [-0.15, -0.1) is 0 Å². The summed E-state index contributed by atoms with van der Waals surface area (Å²) in [6.07, 6.45) is 10.6. The molecule has 0 spiro atoms. The minimum Gasteiger partial charge on any atom is -0.468 e. The molecule has 0 aromatic heterocycles. The van der Waals surface area contributed by atoms with E-state index in [0.29, 0.717) is 6.04 Å². The Hall–Kier alpha value is -0.570. The van der Waals surface area contributed by atoms with Gasteiger partial charge in [0.05, 0.1) is 7.11 Å². The fourth-order valence-corrected chi connectivity index (χ4v) is 2.88. The van der Waals surface area contributed by atoms with Crippen molar-refractivity contribution in [2.75, 3.05) is 7.11 Å². The van der Waals surface area contributed by atoms with Gasteiger partial charge < -0.3 is 4.74 Å². The first-order chi connectivity index (χ1) is 8.62. The number of nitrogens with one attached hydrogen (secondary N) is 1. The quantitative estimate of drug-likeness (QED) is 0.559. The number of hydrogen-bond donors (Lipinski definition) is 1. The standard InChI is InChI=1S/C15H29NO2/c1-4-5-9-12-15(2,14(17)18-3)16-13-10-7-6-8-11-13/h13,16H,4-12H2,1-3H3. The van der Waals surface area contributed by atoms with E-state index in [1.165, 1.54) is 52.1 Å². The summed E-state index contributed by atoms with van der Waals surface area (Å²) in [5.74, 6) is -0.107. The summed E-state index contributed by atoms with van der Waals surface area (Å²) in [5.41, 5.74) is -0.494. The van der Waals surface area contributed by atoms with Crippen LogP contribution in [0.3, 0.4) is 0 Å². The lowest BCUT2D eigenvalue weighted by molar-refractivity contribution is -0.148. The van der Waals surface area contributed by atoms with E-state index < -0.39 is 5.54 Å². The molecule has 3 nitrogen and oxygen atoms in total. The molecule has 0 aromatic carbocycles. The van der Waals surface area contributed by atoms with Crippen LogP contribution in [-0.4, -0.2) is 24.7 Å². The van der Waals surface area contributed by atoms with Crippen LogP contribution in [0.5, 0.6) is 0 Å². The molecule has 0 radical (unpaired) electrons. The third-order valence-corrected chi connectivity index (χ3v) is 4.04. The Morgan fingerprint density at radius 1 is 1.28 bits per heavy atom. The zero-order chi connectivity index (χ0) is 13.4. The van der Waals surface area contributed by atoms with Crippen LogP contribution in [-0.2, 0) is 9.53 Å². The summed E-state index contributed by atoms with van der Waals surface area (Å²) in [7, 11) is 1.49. The Balaban J connectivity index is 2.54. The molecule has 106 valence electrons. The summed E-state index contributed by atoms with van der Waals surface area (Å²) in [6, 6.07) is 0.490. The van der Waals surface area contributed by atoms with Gasteiger partial charge in [0.2, 0.25) is 0 Å². The van der Waals surface area contributed by atoms with Crippen LogP contribution in [0.4, 0.5) is 0 Å². The van der Waals surface area contributed by atoms with Crippen molar-refractivity contribution in [1.82, 2.24) is 5.32 Å². The third-order valence-electron chi connectivity index (χ3n) is 4.04. The van der Waals surface area contributed by atoms with Crippen molar-refractivity contribution in [2.45, 2.75) is 83.2 Å². The van der Waals surface area contributed by atoms with Gasteiger partial charge in [-0.1, -0.05) is 45.4 Å². The molecular weight excluding hydrogens is 226 g/mol. The first-order valence-corrected chi connectivity index (χ1v) is 7.48. The zero-order valence-corrected chi connectivity index (χ0v) is 12.3. The van der Waals surface area contributed by atoms with E-state index in [-0.39, 0.29) is 5.97 Å². The first kappa shape index (κ1) is 15.5. The van der Waals surface area contributed by atoms with Crippen LogP contribution in [0.2, 0.25) is 0 Å². The Morgan fingerprint density at radius 3 is 2.50 bits per heavy atom. The third kappa shape index (κ3) is 4.60. The molecule has 1 saturated carbocycles. The topological polar surface area (TPSA) is 38.3 Å². The summed E-state index contributed by atoms with van der Waals surface area (Å²) in [4.78, 5) is 12.0. The summed E-state index contributed by atoms with van der Waals surface area (Å²) < 4.78 is 4.99. The summed E-state index contributed by atoms with van der Waals surface area (Å²) >= 11 is 0. The molecule has 0 bridgehead atoms. The van der Waals surface area contributed by atoms with E-state index in [1.54, 1.807) is 0 Å². The normalized spacial score (nSPS) is 20.4. The number of ether oxygens (including phenoxy) is 1.